The number of benzene rings is 2. The molecule has 2 aliphatic rings. The number of halogens is 1. The van der Waals surface area contributed by atoms with E-state index in [0.717, 1.165) is 0 Å². The number of ether oxygens (including phenoxy) is 1. The summed E-state index contributed by atoms with van der Waals surface area (Å²) in [5.41, 5.74) is 0.247. The first-order valence-corrected chi connectivity index (χ1v) is 10.5. The summed E-state index contributed by atoms with van der Waals surface area (Å²) in [6, 6.07) is 11.3. The van der Waals surface area contributed by atoms with E-state index in [-0.39, 0.29) is 30.0 Å². The number of likely N-dealkylation sites (tertiary alicyclic amines) is 1. The summed E-state index contributed by atoms with van der Waals surface area (Å²) in [6.07, 6.45) is 1.24. The highest BCUT2D eigenvalue weighted by Gasteiger charge is 2.50. The minimum atomic E-state index is -0.640. The Morgan fingerprint density at radius 3 is 2.65 bits per heavy atom. The maximum Gasteiger partial charge on any atom is 0.415 e. The molecule has 1 N–H and O–H groups in total. The third kappa shape index (κ3) is 2.73. The van der Waals surface area contributed by atoms with E-state index in [4.69, 9.17) is 11.3 Å². The summed E-state index contributed by atoms with van der Waals surface area (Å²) in [5.74, 6) is -0.319. The Balaban J connectivity index is 1.41. The Morgan fingerprint density at radius 1 is 1.18 bits per heavy atom. The second kappa shape index (κ2) is 7.18. The highest BCUT2D eigenvalue weighted by atomic mass is 19.1. The van der Waals surface area contributed by atoms with Crippen LogP contribution in [0.5, 0.6) is 11.6 Å². The summed E-state index contributed by atoms with van der Waals surface area (Å²) in [7, 11) is 0. The number of amides is 1. The molecule has 2 aromatic heterocycles. The largest absolute Gasteiger partial charge is 0.493 e. The molecule has 1 amide bonds. The molecule has 1 saturated heterocycles. The lowest BCUT2D eigenvalue weighted by Gasteiger charge is -2.26. The molecule has 0 saturated carbocycles. The van der Waals surface area contributed by atoms with E-state index < -0.39 is 23.6 Å². The van der Waals surface area contributed by atoms with E-state index >= 15 is 0 Å². The zero-order chi connectivity index (χ0) is 23.6. The molecule has 4 aromatic rings. The van der Waals surface area contributed by atoms with Gasteiger partial charge in [0.1, 0.15) is 29.1 Å². The maximum atomic E-state index is 13.4. The number of fused-ring (bicyclic) bond motifs is 6. The SMILES string of the molecule is [C-]#[N+]c1ncc(-n2c(O)c3n(c2=O)C2C[C@H]3N(C(=O)Oc3ccc(F)cc3)C2)c2ccccc12. The van der Waals surface area contributed by atoms with Crippen molar-refractivity contribution in [3.05, 3.63) is 88.1 Å². The molecular weight excluding hydrogens is 441 g/mol. The minimum absolute atomic E-state index is 0.200. The molecule has 1 fully saturated rings. The van der Waals surface area contributed by atoms with Gasteiger partial charge in [-0.2, -0.15) is 0 Å². The predicted molar refractivity (Wildman–Crippen MR) is 119 cm³/mol. The monoisotopic (exact) mass is 457 g/mol. The molecule has 2 aliphatic heterocycles. The Labute approximate surface area is 191 Å². The number of imidazole rings is 1. The number of hydrogen-bond donors (Lipinski definition) is 1. The Kier molecular flexibility index (Phi) is 4.22. The molecule has 2 aromatic carbocycles. The lowest BCUT2D eigenvalue weighted by atomic mass is 10.1. The summed E-state index contributed by atoms with van der Waals surface area (Å²) in [4.78, 5) is 35.3. The van der Waals surface area contributed by atoms with Crippen molar-refractivity contribution >= 4 is 22.7 Å². The molecule has 0 radical (unpaired) electrons. The maximum absolute atomic E-state index is 13.4. The van der Waals surface area contributed by atoms with E-state index in [0.29, 0.717) is 28.6 Å². The number of nitrogens with zero attached hydrogens (tertiary/aromatic N) is 5. The van der Waals surface area contributed by atoms with E-state index in [2.05, 4.69) is 9.83 Å². The first-order chi connectivity index (χ1) is 16.5. The van der Waals surface area contributed by atoms with Crippen LogP contribution in [-0.2, 0) is 0 Å². The smallest absolute Gasteiger partial charge is 0.415 e. The average Bonchev–Trinajstić information content (AvgIpc) is 3.51. The van der Waals surface area contributed by atoms with Gasteiger partial charge in [-0.25, -0.2) is 18.5 Å². The molecule has 4 heterocycles. The van der Waals surface area contributed by atoms with Crippen LogP contribution in [0.2, 0.25) is 0 Å². The highest BCUT2D eigenvalue weighted by Crippen LogP contribution is 2.49. The van der Waals surface area contributed by atoms with Crippen LogP contribution in [0, 0.1) is 12.4 Å². The Hall–Kier alpha value is -4.65. The average molecular weight is 457 g/mol. The zero-order valence-electron chi connectivity index (χ0n) is 17.6. The molecule has 9 nitrogen and oxygen atoms in total. The van der Waals surface area contributed by atoms with Crippen molar-refractivity contribution < 1.29 is 19.0 Å². The van der Waals surface area contributed by atoms with Gasteiger partial charge in [-0.1, -0.05) is 30.8 Å². The van der Waals surface area contributed by atoms with Crippen LogP contribution >= 0.6 is 0 Å². The number of aromatic nitrogens is 3. The lowest BCUT2D eigenvalue weighted by molar-refractivity contribution is 0.140. The van der Waals surface area contributed by atoms with E-state index in [1.165, 1.54) is 44.5 Å². The Morgan fingerprint density at radius 2 is 1.91 bits per heavy atom. The summed E-state index contributed by atoms with van der Waals surface area (Å²) >= 11 is 0. The van der Waals surface area contributed by atoms with Crippen molar-refractivity contribution in [1.82, 2.24) is 19.0 Å². The van der Waals surface area contributed by atoms with Crippen molar-refractivity contribution in [1.29, 1.82) is 0 Å². The molecule has 0 spiro atoms. The van der Waals surface area contributed by atoms with Gasteiger partial charge in [0, 0.05) is 17.3 Å². The van der Waals surface area contributed by atoms with Gasteiger partial charge in [-0.15, -0.1) is 4.98 Å². The number of carbonyl (C=O) groups is 1. The fourth-order valence-electron chi connectivity index (χ4n) is 4.96. The summed E-state index contributed by atoms with van der Waals surface area (Å²) in [5, 5.41) is 12.3. The van der Waals surface area contributed by atoms with E-state index in [1.54, 1.807) is 24.3 Å². The van der Waals surface area contributed by atoms with Gasteiger partial charge >= 0.3 is 11.8 Å². The van der Waals surface area contributed by atoms with Crippen molar-refractivity contribution in [3.8, 4) is 17.3 Å². The van der Waals surface area contributed by atoms with Gasteiger partial charge in [0.25, 0.3) is 5.82 Å². The number of rotatable bonds is 2. The fraction of sp³-hybridized carbons (Fsp3) is 0.167. The Bertz CT molecular complexity index is 1580. The molecule has 34 heavy (non-hydrogen) atoms. The van der Waals surface area contributed by atoms with E-state index in [1.807, 2.05) is 0 Å². The number of hydrogen-bond acceptors (Lipinski definition) is 5. The van der Waals surface area contributed by atoms with Crippen molar-refractivity contribution in [3.63, 3.8) is 0 Å². The highest BCUT2D eigenvalue weighted by molar-refractivity contribution is 5.97. The minimum Gasteiger partial charge on any atom is -0.493 e. The quantitative estimate of drug-likeness (QED) is 0.458. The normalized spacial score (nSPS) is 18.2. The van der Waals surface area contributed by atoms with Crippen LogP contribution in [0.4, 0.5) is 15.0 Å². The van der Waals surface area contributed by atoms with Gasteiger partial charge < -0.3 is 14.7 Å². The molecular formula is C24H16FN5O4. The van der Waals surface area contributed by atoms with Gasteiger partial charge in [-0.05, 0) is 30.7 Å². The molecule has 168 valence electrons. The van der Waals surface area contributed by atoms with Crippen LogP contribution in [0.1, 0.15) is 24.2 Å². The number of carbonyl (C=O) groups excluding carboxylic acids is 1. The van der Waals surface area contributed by atoms with Gasteiger partial charge in [0.2, 0.25) is 5.88 Å². The third-order valence-corrected chi connectivity index (χ3v) is 6.41. The standard InChI is InChI=1S/C24H16FN5O4/c1-26-21-17-5-3-2-4-16(17)19(11-27-21)30-22(31)20-18-10-14(29(20)23(30)32)12-28(18)24(33)34-15-8-6-13(25)7-9-15/h2-9,11,14,18,31H,10,12H2/t14?,18-/m1/s1. The third-order valence-electron chi connectivity index (χ3n) is 6.41. The molecule has 10 heteroatoms. The second-order valence-corrected chi connectivity index (χ2v) is 8.20. The predicted octanol–water partition coefficient (Wildman–Crippen LogP) is 4.08. The van der Waals surface area contributed by atoms with Crippen molar-refractivity contribution in [2.45, 2.75) is 18.5 Å². The molecule has 2 atom stereocenters. The number of aromatic hydroxyl groups is 1. The van der Waals surface area contributed by atoms with Crippen molar-refractivity contribution in [2.75, 3.05) is 6.54 Å². The van der Waals surface area contributed by atoms with Crippen LogP contribution in [0.25, 0.3) is 21.3 Å². The zero-order valence-corrected chi connectivity index (χ0v) is 17.6. The molecule has 2 bridgehead atoms. The molecule has 0 aliphatic carbocycles. The topological polar surface area (TPSA) is 94.0 Å². The van der Waals surface area contributed by atoms with Crippen LogP contribution in [0.3, 0.4) is 0 Å². The van der Waals surface area contributed by atoms with Crippen molar-refractivity contribution in [2.24, 2.45) is 0 Å². The second-order valence-electron chi connectivity index (χ2n) is 8.20. The molecule has 6 rings (SSSR count). The summed E-state index contributed by atoms with van der Waals surface area (Å²) < 4.78 is 21.2. The van der Waals surface area contributed by atoms with Gasteiger partial charge in [-0.3, -0.25) is 9.47 Å². The summed E-state index contributed by atoms with van der Waals surface area (Å²) in [6.45, 7) is 7.60. The van der Waals surface area contributed by atoms with Crippen LogP contribution in [-0.4, -0.2) is 36.8 Å². The molecule has 1 unspecified atom stereocenters. The van der Waals surface area contributed by atoms with Gasteiger partial charge in [0.15, 0.2) is 0 Å². The lowest BCUT2D eigenvalue weighted by Crippen LogP contribution is -2.39. The first kappa shape index (κ1) is 20.0. The van der Waals surface area contributed by atoms with E-state index in [9.17, 15) is 19.1 Å². The fourth-order valence-corrected chi connectivity index (χ4v) is 4.96. The first-order valence-electron chi connectivity index (χ1n) is 10.5. The van der Waals surface area contributed by atoms with Crippen LogP contribution in [0.15, 0.2) is 59.5 Å². The number of pyridine rings is 1. The van der Waals surface area contributed by atoms with Gasteiger partial charge in [0.05, 0.1) is 12.1 Å². The van der Waals surface area contributed by atoms with Crippen LogP contribution < -0.4 is 10.4 Å².